The molecule has 2 rings (SSSR count). The van der Waals surface area contributed by atoms with Crippen molar-refractivity contribution in [3.63, 3.8) is 0 Å². The van der Waals surface area contributed by atoms with Crippen molar-refractivity contribution in [3.05, 3.63) is 65.2 Å². The number of benzene rings is 2. The number of ether oxygens (including phenoxy) is 1. The quantitative estimate of drug-likeness (QED) is 0.847. The van der Waals surface area contributed by atoms with E-state index in [-0.39, 0.29) is 23.7 Å². The lowest BCUT2D eigenvalue weighted by Gasteiger charge is -2.08. The second kappa shape index (κ2) is 6.35. The van der Waals surface area contributed by atoms with E-state index in [9.17, 15) is 9.59 Å². The minimum Gasteiger partial charge on any atom is -0.485 e. The van der Waals surface area contributed by atoms with Crippen molar-refractivity contribution in [2.24, 2.45) is 5.73 Å². The fourth-order valence-corrected chi connectivity index (χ4v) is 1.75. The fourth-order valence-electron chi connectivity index (χ4n) is 1.75. The highest BCUT2D eigenvalue weighted by Gasteiger charge is 2.11. The molecule has 5 heteroatoms. The van der Waals surface area contributed by atoms with Crippen molar-refractivity contribution in [2.45, 2.75) is 0 Å². The number of nitrogens with zero attached hydrogens (tertiary/aromatic N) is 1. The number of hydrogen-bond acceptors (Lipinski definition) is 4. The van der Waals surface area contributed by atoms with E-state index in [0.29, 0.717) is 11.1 Å². The Morgan fingerprint density at radius 2 is 1.76 bits per heavy atom. The summed E-state index contributed by atoms with van der Waals surface area (Å²) in [7, 11) is 0. The molecule has 0 aliphatic carbocycles. The lowest BCUT2D eigenvalue weighted by atomic mass is 10.1. The first-order chi connectivity index (χ1) is 10.1. The molecule has 0 bridgehead atoms. The zero-order valence-corrected chi connectivity index (χ0v) is 11.1. The van der Waals surface area contributed by atoms with Crippen molar-refractivity contribution in [3.8, 4) is 11.8 Å². The van der Waals surface area contributed by atoms with Gasteiger partial charge in [0.15, 0.2) is 12.4 Å². The van der Waals surface area contributed by atoms with Crippen molar-refractivity contribution in [1.29, 1.82) is 5.26 Å². The molecule has 0 fully saturated rings. The van der Waals surface area contributed by atoms with Crippen molar-refractivity contribution >= 4 is 11.7 Å². The molecule has 0 saturated carbocycles. The van der Waals surface area contributed by atoms with Gasteiger partial charge in [0.05, 0.1) is 17.2 Å². The van der Waals surface area contributed by atoms with Crippen molar-refractivity contribution in [2.75, 3.05) is 6.61 Å². The Bertz CT molecular complexity index is 715. The van der Waals surface area contributed by atoms with Crippen LogP contribution in [0.5, 0.6) is 5.75 Å². The minimum absolute atomic E-state index is 0.212. The summed E-state index contributed by atoms with van der Waals surface area (Å²) in [6, 6.07) is 14.7. The lowest BCUT2D eigenvalue weighted by Crippen LogP contribution is -2.16. The molecule has 0 radical (unpaired) electrons. The Hall–Kier alpha value is -3.13. The first-order valence-corrected chi connectivity index (χ1v) is 6.17. The number of carbonyl (C=O) groups excluding carboxylic acids is 2. The van der Waals surface area contributed by atoms with Crippen LogP contribution in [0.15, 0.2) is 48.5 Å². The fraction of sp³-hybridized carbons (Fsp3) is 0.0625. The third kappa shape index (κ3) is 3.45. The maximum Gasteiger partial charge on any atom is 0.252 e. The van der Waals surface area contributed by atoms with E-state index in [0.717, 1.165) is 0 Å². The number of ketones is 1. The monoisotopic (exact) mass is 280 g/mol. The molecule has 5 nitrogen and oxygen atoms in total. The molecule has 2 N–H and O–H groups in total. The first-order valence-electron chi connectivity index (χ1n) is 6.17. The number of rotatable bonds is 5. The largest absolute Gasteiger partial charge is 0.485 e. The molecular weight excluding hydrogens is 268 g/mol. The third-order valence-corrected chi connectivity index (χ3v) is 2.85. The molecule has 0 atom stereocenters. The third-order valence-electron chi connectivity index (χ3n) is 2.85. The summed E-state index contributed by atoms with van der Waals surface area (Å²) in [6.45, 7) is -0.212. The molecule has 2 aromatic rings. The Morgan fingerprint density at radius 1 is 1.10 bits per heavy atom. The van der Waals surface area contributed by atoms with Gasteiger partial charge < -0.3 is 10.5 Å². The van der Waals surface area contributed by atoms with E-state index < -0.39 is 5.91 Å². The Kier molecular flexibility index (Phi) is 4.32. The molecule has 0 aromatic heterocycles. The molecule has 0 aliphatic heterocycles. The van der Waals surface area contributed by atoms with Gasteiger partial charge in [-0.3, -0.25) is 9.59 Å². The van der Waals surface area contributed by atoms with Gasteiger partial charge in [-0.2, -0.15) is 5.26 Å². The Morgan fingerprint density at radius 3 is 2.38 bits per heavy atom. The van der Waals surface area contributed by atoms with E-state index in [2.05, 4.69) is 0 Å². The zero-order valence-electron chi connectivity index (χ0n) is 11.1. The SMILES string of the molecule is N#Cc1ccc(C(=O)COc2ccccc2C(N)=O)cc1. The van der Waals surface area contributed by atoms with Crippen LogP contribution in [-0.2, 0) is 0 Å². The number of primary amides is 1. The topological polar surface area (TPSA) is 93.2 Å². The highest BCUT2D eigenvalue weighted by Crippen LogP contribution is 2.17. The van der Waals surface area contributed by atoms with Gasteiger partial charge in [0.2, 0.25) is 0 Å². The number of amides is 1. The maximum atomic E-state index is 12.0. The van der Waals surface area contributed by atoms with Crippen LogP contribution in [0.4, 0.5) is 0 Å². The van der Waals surface area contributed by atoms with E-state index in [1.54, 1.807) is 42.5 Å². The van der Waals surface area contributed by atoms with Gasteiger partial charge in [0, 0.05) is 5.56 Å². The molecular formula is C16H12N2O3. The number of hydrogen-bond donors (Lipinski definition) is 1. The van der Waals surface area contributed by atoms with E-state index >= 15 is 0 Å². The molecule has 2 aromatic carbocycles. The summed E-state index contributed by atoms with van der Waals surface area (Å²) in [5.41, 5.74) is 6.37. The van der Waals surface area contributed by atoms with E-state index in [1.807, 2.05) is 6.07 Å². The maximum absolute atomic E-state index is 12.0. The van der Waals surface area contributed by atoms with Crippen LogP contribution in [0.25, 0.3) is 0 Å². The number of Topliss-reactive ketones (excluding diaryl/α,β-unsaturated/α-hetero) is 1. The van der Waals surface area contributed by atoms with Crippen molar-refractivity contribution < 1.29 is 14.3 Å². The van der Waals surface area contributed by atoms with Crippen LogP contribution in [0, 0.1) is 11.3 Å². The van der Waals surface area contributed by atoms with Crippen LogP contribution in [-0.4, -0.2) is 18.3 Å². The summed E-state index contributed by atoms with van der Waals surface area (Å²) >= 11 is 0. The highest BCUT2D eigenvalue weighted by atomic mass is 16.5. The summed E-state index contributed by atoms with van der Waals surface area (Å²) in [5.74, 6) is -0.595. The van der Waals surface area contributed by atoms with Gasteiger partial charge in [0.25, 0.3) is 5.91 Å². The van der Waals surface area contributed by atoms with Crippen LogP contribution < -0.4 is 10.5 Å². The van der Waals surface area contributed by atoms with Crippen LogP contribution in [0.1, 0.15) is 26.3 Å². The number of para-hydroxylation sites is 1. The van der Waals surface area contributed by atoms with Crippen LogP contribution >= 0.6 is 0 Å². The highest BCUT2D eigenvalue weighted by molar-refractivity contribution is 5.98. The number of nitriles is 1. The Balaban J connectivity index is 2.07. The molecule has 104 valence electrons. The average Bonchev–Trinajstić information content (AvgIpc) is 2.52. The number of carbonyl (C=O) groups is 2. The number of nitrogens with two attached hydrogens (primary N) is 1. The smallest absolute Gasteiger partial charge is 0.252 e. The molecule has 0 aliphatic rings. The second-order valence-electron chi connectivity index (χ2n) is 4.26. The first kappa shape index (κ1) is 14.3. The summed E-state index contributed by atoms with van der Waals surface area (Å²) < 4.78 is 5.36. The van der Waals surface area contributed by atoms with Crippen LogP contribution in [0.2, 0.25) is 0 Å². The summed E-state index contributed by atoms with van der Waals surface area (Å²) in [6.07, 6.45) is 0. The van der Waals surface area contributed by atoms with Gasteiger partial charge in [-0.15, -0.1) is 0 Å². The van der Waals surface area contributed by atoms with E-state index in [1.165, 1.54) is 6.07 Å². The van der Waals surface area contributed by atoms with Gasteiger partial charge in [-0.25, -0.2) is 0 Å². The Labute approximate surface area is 121 Å². The molecule has 1 amide bonds. The average molecular weight is 280 g/mol. The van der Waals surface area contributed by atoms with Gasteiger partial charge >= 0.3 is 0 Å². The molecule has 0 heterocycles. The zero-order chi connectivity index (χ0) is 15.2. The molecule has 0 spiro atoms. The normalized spacial score (nSPS) is 9.67. The molecule has 21 heavy (non-hydrogen) atoms. The van der Waals surface area contributed by atoms with Crippen molar-refractivity contribution in [1.82, 2.24) is 0 Å². The predicted molar refractivity (Wildman–Crippen MR) is 75.9 cm³/mol. The summed E-state index contributed by atoms with van der Waals surface area (Å²) in [4.78, 5) is 23.2. The second-order valence-corrected chi connectivity index (χ2v) is 4.26. The molecule has 0 saturated heterocycles. The molecule has 0 unspecified atom stereocenters. The van der Waals surface area contributed by atoms with Gasteiger partial charge in [-0.1, -0.05) is 12.1 Å². The lowest BCUT2D eigenvalue weighted by molar-refractivity contribution is 0.0912. The van der Waals surface area contributed by atoms with Gasteiger partial charge in [-0.05, 0) is 36.4 Å². The van der Waals surface area contributed by atoms with Crippen LogP contribution in [0.3, 0.4) is 0 Å². The van der Waals surface area contributed by atoms with Gasteiger partial charge in [0.1, 0.15) is 5.75 Å². The predicted octanol–water partition coefficient (Wildman–Crippen LogP) is 1.92. The minimum atomic E-state index is -0.614. The summed E-state index contributed by atoms with van der Waals surface area (Å²) in [5, 5.41) is 8.70. The van der Waals surface area contributed by atoms with E-state index in [4.69, 9.17) is 15.7 Å². The standard InChI is InChI=1S/C16H12N2O3/c17-9-11-5-7-12(8-6-11)14(19)10-21-15-4-2-1-3-13(15)16(18)20/h1-8H,10H2,(H2,18,20).